The molecule has 0 unspecified atom stereocenters. The fourth-order valence-electron chi connectivity index (χ4n) is 3.46. The highest BCUT2D eigenvalue weighted by Gasteiger charge is 2.19. The van der Waals surface area contributed by atoms with Crippen molar-refractivity contribution < 1.29 is 19.0 Å². The van der Waals surface area contributed by atoms with Gasteiger partial charge in [-0.15, -0.1) is 0 Å². The van der Waals surface area contributed by atoms with Gasteiger partial charge in [-0.1, -0.05) is 18.2 Å². The fourth-order valence-corrected chi connectivity index (χ4v) is 3.46. The topological polar surface area (TPSA) is 74.6 Å². The lowest BCUT2D eigenvalue weighted by Crippen LogP contribution is -2.23. The Balaban J connectivity index is 1.65. The summed E-state index contributed by atoms with van der Waals surface area (Å²) in [4.78, 5) is 13.2. The van der Waals surface area contributed by atoms with Crippen molar-refractivity contribution in [2.75, 3.05) is 21.3 Å². The molecule has 0 saturated carbocycles. The highest BCUT2D eigenvalue weighted by atomic mass is 16.5. The van der Waals surface area contributed by atoms with Crippen LogP contribution in [0, 0.1) is 0 Å². The van der Waals surface area contributed by atoms with Crippen molar-refractivity contribution in [3.05, 3.63) is 90.1 Å². The van der Waals surface area contributed by atoms with Gasteiger partial charge in [0.2, 0.25) is 0 Å². The van der Waals surface area contributed by atoms with Crippen molar-refractivity contribution in [1.29, 1.82) is 0 Å². The average molecular weight is 444 g/mol. The molecule has 0 aliphatic carbocycles. The minimum absolute atomic E-state index is 0.232. The molecule has 1 aromatic heterocycles. The Hall–Kier alpha value is -4.26. The largest absolute Gasteiger partial charge is 0.497 e. The second kappa shape index (κ2) is 9.91. The first-order valence-corrected chi connectivity index (χ1v) is 10.4. The number of methoxy groups -OCH3 is 3. The van der Waals surface area contributed by atoms with Crippen LogP contribution in [0.3, 0.4) is 0 Å². The summed E-state index contributed by atoms with van der Waals surface area (Å²) in [7, 11) is 4.80. The van der Waals surface area contributed by atoms with Crippen LogP contribution in [0.15, 0.2) is 79.0 Å². The molecule has 1 N–H and O–H groups in total. The summed E-state index contributed by atoms with van der Waals surface area (Å²) >= 11 is 0. The summed E-state index contributed by atoms with van der Waals surface area (Å²) in [5, 5.41) is 7.70. The van der Waals surface area contributed by atoms with Crippen molar-refractivity contribution in [2.45, 2.75) is 6.54 Å². The predicted molar refractivity (Wildman–Crippen MR) is 126 cm³/mol. The lowest BCUT2D eigenvalue weighted by Gasteiger charge is -2.10. The zero-order chi connectivity index (χ0) is 23.2. The van der Waals surface area contributed by atoms with E-state index >= 15 is 0 Å². The fraction of sp³-hybridized carbons (Fsp3) is 0.154. The summed E-state index contributed by atoms with van der Waals surface area (Å²) in [5.74, 6) is 1.83. The van der Waals surface area contributed by atoms with Gasteiger partial charge in [0.05, 0.1) is 32.6 Å². The molecular weight excluding hydrogens is 418 g/mol. The van der Waals surface area contributed by atoms with Crippen molar-refractivity contribution in [3.63, 3.8) is 0 Å². The summed E-state index contributed by atoms with van der Waals surface area (Å²) < 4.78 is 17.6. The van der Waals surface area contributed by atoms with Crippen LogP contribution in [0.4, 0.5) is 0 Å². The Morgan fingerprint density at radius 1 is 0.848 bits per heavy atom. The van der Waals surface area contributed by atoms with Gasteiger partial charge in [0, 0.05) is 24.4 Å². The number of carbonyl (C=O) groups excluding carboxylic acids is 1. The number of hydrogen-bond acceptors (Lipinski definition) is 5. The summed E-state index contributed by atoms with van der Waals surface area (Å²) in [6.45, 7) is 0.310. The van der Waals surface area contributed by atoms with Crippen LogP contribution < -0.4 is 19.5 Å². The van der Waals surface area contributed by atoms with E-state index in [1.165, 1.54) is 0 Å². The van der Waals surface area contributed by atoms with Crippen molar-refractivity contribution in [3.8, 4) is 34.2 Å². The van der Waals surface area contributed by atoms with E-state index in [1.54, 1.807) is 38.3 Å². The first-order chi connectivity index (χ1) is 16.1. The Morgan fingerprint density at radius 2 is 1.48 bits per heavy atom. The number of hydrogen-bond donors (Lipinski definition) is 1. The van der Waals surface area contributed by atoms with Crippen LogP contribution in [0.5, 0.6) is 17.2 Å². The monoisotopic (exact) mass is 443 g/mol. The van der Waals surface area contributed by atoms with Gasteiger partial charge in [-0.25, -0.2) is 4.68 Å². The van der Waals surface area contributed by atoms with E-state index in [4.69, 9.17) is 19.3 Å². The lowest BCUT2D eigenvalue weighted by atomic mass is 10.1. The minimum atomic E-state index is -0.232. The van der Waals surface area contributed by atoms with Gasteiger partial charge in [-0.2, -0.15) is 5.10 Å². The number of nitrogens with one attached hydrogen (secondary N) is 1. The first kappa shape index (κ1) is 22.0. The number of aromatic nitrogens is 2. The molecule has 1 heterocycles. The van der Waals surface area contributed by atoms with Crippen molar-refractivity contribution in [1.82, 2.24) is 15.1 Å². The van der Waals surface area contributed by atoms with E-state index < -0.39 is 0 Å². The molecule has 0 fully saturated rings. The second-order valence-electron chi connectivity index (χ2n) is 7.30. The van der Waals surface area contributed by atoms with Crippen LogP contribution in [-0.2, 0) is 6.54 Å². The quantitative estimate of drug-likeness (QED) is 0.434. The van der Waals surface area contributed by atoms with Gasteiger partial charge in [-0.3, -0.25) is 4.79 Å². The molecule has 4 aromatic rings. The highest BCUT2D eigenvalue weighted by Crippen LogP contribution is 2.26. The lowest BCUT2D eigenvalue weighted by molar-refractivity contribution is 0.0951. The number of benzene rings is 3. The average Bonchev–Trinajstić information content (AvgIpc) is 3.33. The Bertz CT molecular complexity index is 1210. The van der Waals surface area contributed by atoms with E-state index in [9.17, 15) is 4.79 Å². The molecule has 3 aromatic carbocycles. The smallest absolute Gasteiger partial charge is 0.255 e. The molecule has 0 aliphatic rings. The van der Waals surface area contributed by atoms with Gasteiger partial charge in [-0.05, 0) is 54.1 Å². The maximum Gasteiger partial charge on any atom is 0.255 e. The van der Waals surface area contributed by atoms with E-state index in [1.807, 2.05) is 66.7 Å². The molecule has 0 spiro atoms. The normalized spacial score (nSPS) is 10.5. The molecule has 1 amide bonds. The number of para-hydroxylation sites is 1. The van der Waals surface area contributed by atoms with Gasteiger partial charge in [0.15, 0.2) is 0 Å². The van der Waals surface area contributed by atoms with Gasteiger partial charge >= 0.3 is 0 Å². The molecular formula is C26H25N3O4. The molecule has 33 heavy (non-hydrogen) atoms. The van der Waals surface area contributed by atoms with Crippen LogP contribution in [0.1, 0.15) is 15.9 Å². The first-order valence-electron chi connectivity index (χ1n) is 10.4. The molecule has 7 heteroatoms. The van der Waals surface area contributed by atoms with Crippen LogP contribution in [0.25, 0.3) is 16.9 Å². The Kier molecular flexibility index (Phi) is 6.59. The van der Waals surface area contributed by atoms with Crippen LogP contribution in [0.2, 0.25) is 0 Å². The number of rotatable bonds is 8. The zero-order valence-electron chi connectivity index (χ0n) is 18.7. The molecule has 168 valence electrons. The highest BCUT2D eigenvalue weighted by molar-refractivity contribution is 6.00. The molecule has 4 rings (SSSR count). The molecule has 0 radical (unpaired) electrons. The summed E-state index contributed by atoms with van der Waals surface area (Å²) in [6, 6.07) is 22.7. The number of nitrogens with zero attached hydrogens (tertiary/aromatic N) is 2. The van der Waals surface area contributed by atoms with Crippen LogP contribution >= 0.6 is 0 Å². The molecule has 0 bridgehead atoms. The third kappa shape index (κ3) is 4.98. The van der Waals surface area contributed by atoms with E-state index in [0.717, 1.165) is 22.6 Å². The maximum absolute atomic E-state index is 13.2. The van der Waals surface area contributed by atoms with Gasteiger partial charge in [0.25, 0.3) is 5.91 Å². The summed E-state index contributed by atoms with van der Waals surface area (Å²) in [5.41, 5.74) is 3.60. The van der Waals surface area contributed by atoms with Gasteiger partial charge < -0.3 is 19.5 Å². The molecule has 7 nitrogen and oxygen atoms in total. The van der Waals surface area contributed by atoms with Gasteiger partial charge in [0.1, 0.15) is 22.9 Å². The van der Waals surface area contributed by atoms with E-state index in [-0.39, 0.29) is 5.91 Å². The van der Waals surface area contributed by atoms with E-state index in [0.29, 0.717) is 29.3 Å². The van der Waals surface area contributed by atoms with E-state index in [2.05, 4.69) is 5.32 Å². The molecule has 0 atom stereocenters. The zero-order valence-corrected chi connectivity index (χ0v) is 18.7. The Labute approximate surface area is 192 Å². The standard InChI is InChI=1S/C26H25N3O4/c1-31-21-11-9-19(10-12-21)25-24(17-29(28-25)20-7-5-4-6-8-20)26(30)27-16-18-13-22(32-2)15-23(14-18)33-3/h4-15,17H,16H2,1-3H3,(H,27,30). The molecule has 0 saturated heterocycles. The number of ether oxygens (including phenoxy) is 3. The SMILES string of the molecule is COc1ccc(-c2nn(-c3ccccc3)cc2C(=O)NCc2cc(OC)cc(OC)c2)cc1. The van der Waals surface area contributed by atoms with Crippen LogP contribution in [-0.4, -0.2) is 37.0 Å². The third-order valence-corrected chi connectivity index (χ3v) is 5.21. The molecule has 0 aliphatic heterocycles. The second-order valence-corrected chi connectivity index (χ2v) is 7.30. The summed E-state index contributed by atoms with van der Waals surface area (Å²) in [6.07, 6.45) is 1.75. The van der Waals surface area contributed by atoms with Crippen molar-refractivity contribution in [2.24, 2.45) is 0 Å². The Morgan fingerprint density at radius 3 is 2.09 bits per heavy atom. The number of amides is 1. The minimum Gasteiger partial charge on any atom is -0.497 e. The van der Waals surface area contributed by atoms with Crippen molar-refractivity contribution >= 4 is 5.91 Å². The predicted octanol–water partition coefficient (Wildman–Crippen LogP) is 4.50. The number of carbonyl (C=O) groups is 1. The third-order valence-electron chi connectivity index (χ3n) is 5.21. The maximum atomic E-state index is 13.2.